The van der Waals surface area contributed by atoms with Gasteiger partial charge in [0.05, 0.1) is 38.8 Å². The molecule has 2 aliphatic heterocycles. The lowest BCUT2D eigenvalue weighted by atomic mass is 10.0. The van der Waals surface area contributed by atoms with E-state index in [-0.39, 0.29) is 12.5 Å². The van der Waals surface area contributed by atoms with Crippen molar-refractivity contribution < 1.29 is 19.0 Å². The van der Waals surface area contributed by atoms with Gasteiger partial charge in [0.2, 0.25) is 0 Å². The van der Waals surface area contributed by atoms with Gasteiger partial charge >= 0.3 is 0 Å². The lowest BCUT2D eigenvalue weighted by Crippen LogP contribution is -2.60. The van der Waals surface area contributed by atoms with Gasteiger partial charge in [0.15, 0.2) is 0 Å². The summed E-state index contributed by atoms with van der Waals surface area (Å²) in [5.74, 6) is 0.797. The van der Waals surface area contributed by atoms with Crippen LogP contribution in [0.15, 0.2) is 36.7 Å². The van der Waals surface area contributed by atoms with Crippen LogP contribution in [0, 0.1) is 0 Å². The average Bonchev–Trinajstić information content (AvgIpc) is 3.04. The minimum Gasteiger partial charge on any atom is -0.497 e. The second kappa shape index (κ2) is 7.90. The Bertz CT molecular complexity index is 822. The molecule has 8 heteroatoms. The van der Waals surface area contributed by atoms with E-state index in [2.05, 4.69) is 22.1 Å². The molecule has 4 rings (SSSR count). The summed E-state index contributed by atoms with van der Waals surface area (Å²) in [6.07, 6.45) is 3.56. The predicted molar refractivity (Wildman–Crippen MR) is 103 cm³/mol. The predicted octanol–water partition coefficient (Wildman–Crippen LogP) is 1.06. The van der Waals surface area contributed by atoms with Crippen molar-refractivity contribution in [2.24, 2.45) is 7.05 Å². The lowest BCUT2D eigenvalue weighted by Gasteiger charge is -2.42. The van der Waals surface area contributed by atoms with E-state index in [9.17, 15) is 4.79 Å². The molecule has 1 atom stereocenters. The highest BCUT2D eigenvalue weighted by atomic mass is 16.6. The molecule has 8 nitrogen and oxygen atoms in total. The van der Waals surface area contributed by atoms with Crippen molar-refractivity contribution in [3.8, 4) is 5.75 Å². The number of methoxy groups -OCH3 is 1. The number of aryl methyl sites for hydroxylation is 1. The maximum atomic E-state index is 12.4. The number of hydrogen-bond donors (Lipinski definition) is 0. The zero-order valence-corrected chi connectivity index (χ0v) is 16.3. The first-order chi connectivity index (χ1) is 13.6. The molecule has 2 aromatic rings. The zero-order valence-electron chi connectivity index (χ0n) is 16.3. The molecule has 28 heavy (non-hydrogen) atoms. The molecule has 1 spiro atoms. The molecule has 2 aliphatic rings. The van der Waals surface area contributed by atoms with Crippen molar-refractivity contribution in [1.82, 2.24) is 14.7 Å². The number of rotatable bonds is 4. The van der Waals surface area contributed by atoms with Crippen molar-refractivity contribution >= 4 is 11.6 Å². The third-order valence-electron chi connectivity index (χ3n) is 5.25. The minimum absolute atomic E-state index is 0.0502. The topological polar surface area (TPSA) is 69.1 Å². The molecular weight excluding hydrogens is 360 g/mol. The second-order valence-corrected chi connectivity index (χ2v) is 7.44. The molecule has 0 aliphatic carbocycles. The number of aromatic nitrogens is 2. The number of morpholine rings is 1. The molecule has 2 saturated heterocycles. The molecule has 0 bridgehead atoms. The van der Waals surface area contributed by atoms with Gasteiger partial charge in [0, 0.05) is 32.9 Å². The number of nitrogens with zero attached hydrogens (tertiary/aromatic N) is 4. The van der Waals surface area contributed by atoms with Gasteiger partial charge in [-0.2, -0.15) is 5.10 Å². The van der Waals surface area contributed by atoms with Gasteiger partial charge < -0.3 is 19.1 Å². The number of carbonyl (C=O) groups excluding carboxylic acids is 1. The van der Waals surface area contributed by atoms with E-state index in [0.29, 0.717) is 26.3 Å². The molecule has 0 saturated carbocycles. The van der Waals surface area contributed by atoms with Crippen LogP contribution in [0.25, 0.3) is 0 Å². The lowest BCUT2D eigenvalue weighted by molar-refractivity contribution is -0.146. The number of ether oxygens (including phenoxy) is 3. The van der Waals surface area contributed by atoms with Crippen molar-refractivity contribution in [3.05, 3.63) is 42.2 Å². The van der Waals surface area contributed by atoms with Gasteiger partial charge in [0.1, 0.15) is 18.0 Å². The Balaban J connectivity index is 1.49. The summed E-state index contributed by atoms with van der Waals surface area (Å²) in [6, 6.07) is 8.09. The van der Waals surface area contributed by atoms with Gasteiger partial charge in [-0.15, -0.1) is 0 Å². The second-order valence-electron chi connectivity index (χ2n) is 7.44. The highest BCUT2D eigenvalue weighted by molar-refractivity contribution is 5.95. The van der Waals surface area contributed by atoms with E-state index in [4.69, 9.17) is 14.2 Å². The van der Waals surface area contributed by atoms with Crippen LogP contribution < -0.4 is 9.64 Å². The normalized spacial score (nSPS) is 23.8. The van der Waals surface area contributed by atoms with Crippen LogP contribution in [0.2, 0.25) is 0 Å². The van der Waals surface area contributed by atoms with Gasteiger partial charge in [0.25, 0.3) is 5.91 Å². The Kier molecular flexibility index (Phi) is 5.34. The monoisotopic (exact) mass is 386 g/mol. The highest BCUT2D eigenvalue weighted by Gasteiger charge is 2.43. The van der Waals surface area contributed by atoms with Gasteiger partial charge in [-0.3, -0.25) is 14.4 Å². The molecule has 1 aromatic carbocycles. The average molecular weight is 386 g/mol. The van der Waals surface area contributed by atoms with Gasteiger partial charge in [-0.1, -0.05) is 12.1 Å². The van der Waals surface area contributed by atoms with Crippen LogP contribution in [0.5, 0.6) is 5.75 Å². The first-order valence-electron chi connectivity index (χ1n) is 9.43. The fourth-order valence-corrected chi connectivity index (χ4v) is 3.79. The number of benzene rings is 1. The molecule has 1 amide bonds. The summed E-state index contributed by atoms with van der Waals surface area (Å²) in [4.78, 5) is 16.5. The first-order valence-corrected chi connectivity index (χ1v) is 9.43. The number of amides is 1. The quantitative estimate of drug-likeness (QED) is 0.783. The van der Waals surface area contributed by atoms with Crippen LogP contribution in [0.3, 0.4) is 0 Å². The van der Waals surface area contributed by atoms with Crippen LogP contribution in [0.1, 0.15) is 5.56 Å². The molecule has 150 valence electrons. The molecule has 2 fully saturated rings. The van der Waals surface area contributed by atoms with E-state index in [0.717, 1.165) is 24.5 Å². The summed E-state index contributed by atoms with van der Waals surface area (Å²) >= 11 is 0. The summed E-state index contributed by atoms with van der Waals surface area (Å²) in [6.45, 7) is 3.92. The number of hydrogen-bond acceptors (Lipinski definition) is 6. The maximum absolute atomic E-state index is 12.4. The van der Waals surface area contributed by atoms with Crippen molar-refractivity contribution in [1.29, 1.82) is 0 Å². The van der Waals surface area contributed by atoms with Crippen molar-refractivity contribution in [2.45, 2.75) is 12.1 Å². The largest absolute Gasteiger partial charge is 0.497 e. The van der Waals surface area contributed by atoms with Crippen LogP contribution in [0.4, 0.5) is 5.69 Å². The SMILES string of the molecule is COc1ccc(CN2CCOC[C@@]3(C2)CN(c2cnn(C)c2)C(=O)CO3)cc1. The minimum atomic E-state index is -0.549. The molecule has 0 N–H and O–H groups in total. The van der Waals surface area contributed by atoms with E-state index in [1.54, 1.807) is 22.9 Å². The first kappa shape index (κ1) is 18.9. The standard InChI is InChI=1S/C20H26N4O4/c1-22-11-17(9-21-22)24-14-20(28-12-19(24)25)13-23(7-8-27-15-20)10-16-3-5-18(26-2)6-4-16/h3-6,9,11H,7-8,10,12-15H2,1-2H3/t20-/m1/s1. The Hall–Kier alpha value is -2.42. The number of anilines is 1. The Morgan fingerprint density at radius 2 is 2.07 bits per heavy atom. The van der Waals surface area contributed by atoms with Crippen LogP contribution in [-0.4, -0.2) is 72.8 Å². The smallest absolute Gasteiger partial charge is 0.253 e. The number of carbonyl (C=O) groups is 1. The van der Waals surface area contributed by atoms with E-state index < -0.39 is 5.60 Å². The molecular formula is C20H26N4O4. The van der Waals surface area contributed by atoms with E-state index in [1.165, 1.54) is 5.56 Å². The van der Waals surface area contributed by atoms with Gasteiger partial charge in [-0.05, 0) is 17.7 Å². The fraction of sp³-hybridized carbons (Fsp3) is 0.500. The zero-order chi connectivity index (χ0) is 19.6. The Morgan fingerprint density at radius 3 is 2.79 bits per heavy atom. The summed E-state index contributed by atoms with van der Waals surface area (Å²) in [7, 11) is 3.51. The van der Waals surface area contributed by atoms with Crippen LogP contribution in [-0.2, 0) is 27.9 Å². The maximum Gasteiger partial charge on any atom is 0.253 e. The Morgan fingerprint density at radius 1 is 1.25 bits per heavy atom. The summed E-state index contributed by atoms with van der Waals surface area (Å²) in [5, 5.41) is 4.19. The molecule has 1 aromatic heterocycles. The van der Waals surface area contributed by atoms with Crippen molar-refractivity contribution in [3.63, 3.8) is 0 Å². The summed E-state index contributed by atoms with van der Waals surface area (Å²) in [5.41, 5.74) is 1.45. The van der Waals surface area contributed by atoms with E-state index in [1.807, 2.05) is 25.4 Å². The van der Waals surface area contributed by atoms with Crippen LogP contribution >= 0.6 is 0 Å². The third-order valence-corrected chi connectivity index (χ3v) is 5.25. The highest BCUT2D eigenvalue weighted by Crippen LogP contribution is 2.27. The fourth-order valence-electron chi connectivity index (χ4n) is 3.79. The van der Waals surface area contributed by atoms with Gasteiger partial charge in [-0.25, -0.2) is 0 Å². The Labute approximate surface area is 164 Å². The van der Waals surface area contributed by atoms with E-state index >= 15 is 0 Å². The molecule has 0 unspecified atom stereocenters. The van der Waals surface area contributed by atoms with Crippen molar-refractivity contribution in [2.75, 3.05) is 51.5 Å². The summed E-state index contributed by atoms with van der Waals surface area (Å²) < 4.78 is 18.9. The molecule has 3 heterocycles. The molecule has 0 radical (unpaired) electrons. The third kappa shape index (κ3) is 4.04.